The maximum atomic E-state index is 12.9. The fraction of sp³-hybridized carbons (Fsp3) is 0.292. The third-order valence-electron chi connectivity index (χ3n) is 4.78. The van der Waals surface area contributed by atoms with Gasteiger partial charge in [0.25, 0.3) is 5.91 Å². The van der Waals surface area contributed by atoms with E-state index in [1.165, 1.54) is 0 Å². The van der Waals surface area contributed by atoms with Gasteiger partial charge in [0.05, 0.1) is 12.2 Å². The van der Waals surface area contributed by atoms with Gasteiger partial charge in [-0.1, -0.05) is 37.6 Å². The van der Waals surface area contributed by atoms with Crippen LogP contribution in [0.1, 0.15) is 37.0 Å². The van der Waals surface area contributed by atoms with Crippen molar-refractivity contribution in [1.82, 2.24) is 20.3 Å². The molecule has 0 bridgehead atoms. The van der Waals surface area contributed by atoms with Crippen molar-refractivity contribution in [3.05, 3.63) is 64.9 Å². The number of carbonyl (C=O) groups excluding carboxylic acids is 2. The largest absolute Gasteiger partial charge is 0.493 e. The molecular weight excluding hydrogens is 472 g/mol. The molecule has 1 atom stereocenters. The Bertz CT molecular complexity index is 1170. The number of amides is 1. The number of carbonyl (C=O) groups is 2. The minimum Gasteiger partial charge on any atom is -0.493 e. The molecule has 11 heteroatoms. The number of nitrogens with two attached hydrogens (primary N) is 1. The highest BCUT2D eigenvalue weighted by atomic mass is 35.5. The summed E-state index contributed by atoms with van der Waals surface area (Å²) >= 11 is 5.90. The highest BCUT2D eigenvalue weighted by Gasteiger charge is 2.27. The van der Waals surface area contributed by atoms with Crippen molar-refractivity contribution in [2.75, 3.05) is 17.7 Å². The molecule has 0 saturated carbocycles. The van der Waals surface area contributed by atoms with E-state index in [0.717, 1.165) is 0 Å². The fourth-order valence-corrected chi connectivity index (χ4v) is 3.22. The zero-order valence-electron chi connectivity index (χ0n) is 19.6. The fourth-order valence-electron chi connectivity index (χ4n) is 3.10. The van der Waals surface area contributed by atoms with Gasteiger partial charge in [0.15, 0.2) is 12.4 Å². The van der Waals surface area contributed by atoms with Crippen molar-refractivity contribution in [1.29, 1.82) is 0 Å². The first-order valence-electron chi connectivity index (χ1n) is 11.0. The lowest BCUT2D eigenvalue weighted by molar-refractivity contribution is -0.148. The lowest BCUT2D eigenvalue weighted by Gasteiger charge is -2.21. The van der Waals surface area contributed by atoms with Gasteiger partial charge in [-0.3, -0.25) is 4.79 Å². The molecule has 0 aliphatic carbocycles. The first kappa shape index (κ1) is 25.7. The van der Waals surface area contributed by atoms with Crippen LogP contribution >= 0.6 is 11.6 Å². The molecule has 0 aliphatic heterocycles. The number of nitrogen functional groups attached to an aromatic ring is 1. The normalized spacial score (nSPS) is 11.6. The summed E-state index contributed by atoms with van der Waals surface area (Å²) in [7, 11) is 0. The lowest BCUT2D eigenvalue weighted by atomic mass is 10.0. The number of nitrogens with zero attached hydrogens (tertiary/aromatic N) is 3. The summed E-state index contributed by atoms with van der Waals surface area (Å²) in [6.45, 7) is 5.58. The summed E-state index contributed by atoms with van der Waals surface area (Å²) in [4.78, 5) is 38.0. The molecule has 2 aromatic carbocycles. The number of nitrogens with one attached hydrogen (secondary N) is 2. The van der Waals surface area contributed by atoms with Gasteiger partial charge in [-0.2, -0.15) is 15.0 Å². The molecule has 1 heterocycles. The summed E-state index contributed by atoms with van der Waals surface area (Å²) in [6, 6.07) is 12.8. The average molecular weight is 499 g/mol. The smallest absolute Gasteiger partial charge is 0.329 e. The predicted molar refractivity (Wildman–Crippen MR) is 132 cm³/mol. The van der Waals surface area contributed by atoms with E-state index in [1.807, 2.05) is 6.92 Å². The number of hydrogen-bond donors (Lipinski definition) is 3. The Labute approximate surface area is 208 Å². The minimum atomic E-state index is -0.900. The Morgan fingerprint density at radius 2 is 1.77 bits per heavy atom. The molecule has 0 radical (unpaired) electrons. The molecule has 0 unspecified atom stereocenters. The Morgan fingerprint density at radius 3 is 2.46 bits per heavy atom. The lowest BCUT2D eigenvalue weighted by Crippen LogP contribution is -2.45. The quantitative estimate of drug-likeness (QED) is 0.356. The van der Waals surface area contributed by atoms with E-state index in [9.17, 15) is 9.59 Å². The summed E-state index contributed by atoms with van der Waals surface area (Å²) in [6.07, 6.45) is 0. The molecule has 4 N–H and O–H groups in total. The van der Waals surface area contributed by atoms with Gasteiger partial charge in [-0.25, -0.2) is 4.79 Å². The number of halogens is 1. The molecule has 1 amide bonds. The van der Waals surface area contributed by atoms with Gasteiger partial charge in [0.2, 0.25) is 11.9 Å². The number of aromatic nitrogens is 3. The third kappa shape index (κ3) is 7.28. The van der Waals surface area contributed by atoms with E-state index in [4.69, 9.17) is 26.8 Å². The van der Waals surface area contributed by atoms with Crippen molar-refractivity contribution in [2.24, 2.45) is 5.92 Å². The molecular formula is C24H27ClN6O4. The van der Waals surface area contributed by atoms with Crippen molar-refractivity contribution in [3.63, 3.8) is 0 Å². The average Bonchev–Trinajstić information content (AvgIpc) is 2.82. The van der Waals surface area contributed by atoms with Gasteiger partial charge >= 0.3 is 5.97 Å². The van der Waals surface area contributed by atoms with Gasteiger partial charge in [-0.05, 0) is 49.2 Å². The van der Waals surface area contributed by atoms with Crippen LogP contribution < -0.4 is 21.1 Å². The second-order valence-corrected chi connectivity index (χ2v) is 8.23. The topological polar surface area (TPSA) is 141 Å². The Morgan fingerprint density at radius 1 is 1.06 bits per heavy atom. The van der Waals surface area contributed by atoms with Crippen LogP contribution in [0, 0.1) is 5.92 Å². The maximum absolute atomic E-state index is 12.9. The van der Waals surface area contributed by atoms with Crippen LogP contribution in [0.15, 0.2) is 48.5 Å². The Hall–Kier alpha value is -3.92. The standard InChI is InChI=1S/C24H27ClN6O4/c1-4-34-18-8-6-5-7-17(18)21(32)30-20(14(2)3)22(33)35-13-19-28-23(26)31-24(29-19)27-16-11-9-15(25)10-12-16/h5-12,14,20H,4,13H2,1-3H3,(H,30,32)(H3,26,27,28,29,31)/t20-/m0/s1. The highest BCUT2D eigenvalue weighted by Crippen LogP contribution is 2.19. The second kappa shape index (κ2) is 12.0. The first-order chi connectivity index (χ1) is 16.8. The number of para-hydroxylation sites is 1. The molecule has 3 aromatic rings. The van der Waals surface area contributed by atoms with Crippen molar-refractivity contribution < 1.29 is 19.1 Å². The molecule has 0 saturated heterocycles. The van der Waals surface area contributed by atoms with Crippen molar-refractivity contribution in [2.45, 2.75) is 33.4 Å². The van der Waals surface area contributed by atoms with Crippen LogP contribution in [-0.4, -0.2) is 39.5 Å². The number of esters is 1. The predicted octanol–water partition coefficient (Wildman–Crippen LogP) is 3.75. The van der Waals surface area contributed by atoms with E-state index in [-0.39, 0.29) is 30.2 Å². The molecule has 3 rings (SSSR count). The summed E-state index contributed by atoms with van der Waals surface area (Å²) in [5.74, 6) is -0.577. The second-order valence-electron chi connectivity index (χ2n) is 7.80. The van der Waals surface area contributed by atoms with Gasteiger partial charge in [-0.15, -0.1) is 0 Å². The van der Waals surface area contributed by atoms with E-state index in [1.54, 1.807) is 62.4 Å². The minimum absolute atomic E-state index is 0.0382. The molecule has 184 valence electrons. The molecule has 1 aromatic heterocycles. The van der Waals surface area contributed by atoms with Crippen LogP contribution in [0.5, 0.6) is 5.75 Å². The summed E-state index contributed by atoms with van der Waals surface area (Å²) in [5.41, 5.74) is 6.81. The van der Waals surface area contributed by atoms with Crippen LogP contribution in [0.3, 0.4) is 0 Å². The third-order valence-corrected chi connectivity index (χ3v) is 5.03. The molecule has 35 heavy (non-hydrogen) atoms. The molecule has 0 spiro atoms. The summed E-state index contributed by atoms with van der Waals surface area (Å²) < 4.78 is 10.9. The van der Waals surface area contributed by atoms with E-state index < -0.39 is 17.9 Å². The van der Waals surface area contributed by atoms with Crippen molar-refractivity contribution in [3.8, 4) is 5.75 Å². The van der Waals surface area contributed by atoms with E-state index in [2.05, 4.69) is 25.6 Å². The number of anilines is 3. The van der Waals surface area contributed by atoms with Crippen LogP contribution in [0.2, 0.25) is 5.02 Å². The molecule has 10 nitrogen and oxygen atoms in total. The summed E-state index contributed by atoms with van der Waals surface area (Å²) in [5, 5.41) is 6.31. The van der Waals surface area contributed by atoms with Gasteiger partial charge in [0, 0.05) is 10.7 Å². The maximum Gasteiger partial charge on any atom is 0.329 e. The first-order valence-corrected chi connectivity index (χ1v) is 11.4. The van der Waals surface area contributed by atoms with E-state index >= 15 is 0 Å². The van der Waals surface area contributed by atoms with Gasteiger partial charge < -0.3 is 25.8 Å². The SMILES string of the molecule is CCOc1ccccc1C(=O)N[C@H](C(=O)OCc1nc(N)nc(Nc2ccc(Cl)cc2)n1)C(C)C. The Kier molecular flexibility index (Phi) is 8.80. The van der Waals surface area contributed by atoms with Gasteiger partial charge in [0.1, 0.15) is 11.8 Å². The number of benzene rings is 2. The zero-order chi connectivity index (χ0) is 25.4. The number of hydrogen-bond acceptors (Lipinski definition) is 9. The number of rotatable bonds is 10. The molecule has 0 aliphatic rings. The monoisotopic (exact) mass is 498 g/mol. The molecule has 0 fully saturated rings. The van der Waals surface area contributed by atoms with Crippen LogP contribution in [0.4, 0.5) is 17.6 Å². The van der Waals surface area contributed by atoms with Crippen molar-refractivity contribution >= 4 is 41.1 Å². The Balaban J connectivity index is 1.67. The van der Waals surface area contributed by atoms with Crippen LogP contribution in [0.25, 0.3) is 0 Å². The zero-order valence-corrected chi connectivity index (χ0v) is 20.4. The van der Waals surface area contributed by atoms with Crippen LogP contribution in [-0.2, 0) is 16.1 Å². The number of ether oxygens (including phenoxy) is 2. The highest BCUT2D eigenvalue weighted by molar-refractivity contribution is 6.30. The van der Waals surface area contributed by atoms with E-state index in [0.29, 0.717) is 28.6 Å².